The first kappa shape index (κ1) is 24.1. The Morgan fingerprint density at radius 1 is 1.26 bits per heavy atom. The van der Waals surface area contributed by atoms with Crippen LogP contribution >= 0.6 is 0 Å². The highest BCUT2D eigenvalue weighted by atomic mass is 32.2. The molecule has 1 aromatic rings. The lowest BCUT2D eigenvalue weighted by molar-refractivity contribution is -0.134. The van der Waals surface area contributed by atoms with Crippen LogP contribution in [0.1, 0.15) is 51.9 Å². The zero-order valence-corrected chi connectivity index (χ0v) is 21.4. The highest BCUT2D eigenvalue weighted by Gasteiger charge is 2.48. The van der Waals surface area contributed by atoms with Crippen LogP contribution in [0.2, 0.25) is 0 Å². The van der Waals surface area contributed by atoms with E-state index in [2.05, 4.69) is 14.4 Å². The van der Waals surface area contributed by atoms with E-state index in [1.165, 1.54) is 31.0 Å². The van der Waals surface area contributed by atoms with Crippen LogP contribution in [0.3, 0.4) is 0 Å². The van der Waals surface area contributed by atoms with Crippen LogP contribution in [0.4, 0.5) is 11.4 Å². The second-order valence-corrected chi connectivity index (χ2v) is 13.7. The van der Waals surface area contributed by atoms with Crippen molar-refractivity contribution in [2.75, 3.05) is 22.8 Å². The number of aliphatic hydroxyl groups excluding tert-OH is 1. The molecule has 12 heteroatoms. The number of fused-ring (bicyclic) bond motifs is 1. The summed E-state index contributed by atoms with van der Waals surface area (Å²) in [7, 11) is -7.88. The summed E-state index contributed by atoms with van der Waals surface area (Å²) < 4.78 is 55.4. The molecule has 0 unspecified atom stereocenters. The minimum Gasteiger partial charge on any atom is -0.511 e. The number of aliphatic hydroxyl groups is 1. The second kappa shape index (κ2) is 8.22. The third-order valence-corrected chi connectivity index (χ3v) is 9.31. The normalized spacial score (nSPS) is 26.5. The van der Waals surface area contributed by atoms with Gasteiger partial charge in [-0.15, -0.1) is 4.40 Å². The van der Waals surface area contributed by atoms with E-state index >= 15 is 0 Å². The fourth-order valence-electron chi connectivity index (χ4n) is 4.95. The summed E-state index contributed by atoms with van der Waals surface area (Å²) in [5.74, 6) is -0.106. The van der Waals surface area contributed by atoms with Crippen molar-refractivity contribution in [1.29, 1.82) is 0 Å². The summed E-state index contributed by atoms with van der Waals surface area (Å²) in [5.41, 5.74) is -0.564. The first-order valence-corrected chi connectivity index (χ1v) is 15.2. The van der Waals surface area contributed by atoms with Crippen LogP contribution in [-0.4, -0.2) is 57.4 Å². The third-order valence-electron chi connectivity index (χ3n) is 7.38. The number of benzene rings is 1. The number of amides is 1. The van der Waals surface area contributed by atoms with Crippen molar-refractivity contribution in [3.8, 4) is 0 Å². The van der Waals surface area contributed by atoms with Gasteiger partial charge < -0.3 is 15.3 Å². The number of carbonyl (C=O) groups excluding carboxylic acids is 1. The third kappa shape index (κ3) is 4.65. The highest BCUT2D eigenvalue weighted by Crippen LogP contribution is 2.45. The molecule has 10 nitrogen and oxygen atoms in total. The van der Waals surface area contributed by atoms with Gasteiger partial charge in [-0.1, -0.05) is 19.8 Å². The second-order valence-electron chi connectivity index (χ2n) is 10.4. The molecule has 1 atom stereocenters. The number of rotatable bonds is 7. The molecule has 0 aromatic heterocycles. The molecule has 190 valence electrons. The average Bonchev–Trinajstić information content (AvgIpc) is 3.53. The SMILES string of the molecule is C[C@@]1(CCC2CC2)CN(C2CCC2)C(=O)C(C2=NS(=O)(=O)c3cc(NS(C)(=O)=O)ccc3N2)=C1O. The molecule has 2 aliphatic heterocycles. The number of carbonyl (C=O) groups is 1. The Balaban J connectivity index is 1.54. The smallest absolute Gasteiger partial charge is 0.286 e. The maximum atomic E-state index is 13.6. The number of nitrogens with one attached hydrogen (secondary N) is 2. The summed E-state index contributed by atoms with van der Waals surface area (Å²) in [4.78, 5) is 15.1. The molecule has 1 amide bonds. The molecule has 3 N–H and O–H groups in total. The average molecular weight is 523 g/mol. The van der Waals surface area contributed by atoms with Crippen LogP contribution < -0.4 is 10.0 Å². The van der Waals surface area contributed by atoms with E-state index in [1.807, 2.05) is 6.92 Å². The fourth-order valence-corrected chi connectivity index (χ4v) is 6.65. The maximum absolute atomic E-state index is 13.6. The summed E-state index contributed by atoms with van der Waals surface area (Å²) in [6.45, 7) is 2.33. The molecule has 0 radical (unpaired) electrons. The van der Waals surface area contributed by atoms with E-state index in [0.717, 1.165) is 31.9 Å². The van der Waals surface area contributed by atoms with E-state index < -0.39 is 31.4 Å². The van der Waals surface area contributed by atoms with E-state index in [1.54, 1.807) is 4.90 Å². The largest absolute Gasteiger partial charge is 0.511 e. The minimum absolute atomic E-state index is 0.0727. The standard InChI is InChI=1S/C23H30N4O6S2/c1-23(11-10-14-6-7-14)13-27(16-4-3-5-16)22(29)19(20(23)28)21-24-17-9-8-15(25-34(2,30)31)12-18(17)35(32,33)26-21/h8-9,12,14,16,25,28H,3-7,10-11,13H2,1-2H3,(H,24,26)/t23-/m1/s1. The lowest BCUT2D eigenvalue weighted by Gasteiger charge is -2.47. The summed E-state index contributed by atoms with van der Waals surface area (Å²) >= 11 is 0. The van der Waals surface area contributed by atoms with Crippen molar-refractivity contribution in [3.05, 3.63) is 29.5 Å². The van der Waals surface area contributed by atoms with Gasteiger partial charge >= 0.3 is 0 Å². The molecule has 0 saturated heterocycles. The molecule has 0 spiro atoms. The Bertz CT molecular complexity index is 1360. The Morgan fingerprint density at radius 2 is 1.97 bits per heavy atom. The number of sulfonamides is 2. The predicted octanol–water partition coefficient (Wildman–Crippen LogP) is 2.97. The van der Waals surface area contributed by atoms with Crippen molar-refractivity contribution in [1.82, 2.24) is 4.90 Å². The van der Waals surface area contributed by atoms with Gasteiger partial charge in [-0.05, 0) is 56.2 Å². The number of hydrogen-bond donors (Lipinski definition) is 3. The van der Waals surface area contributed by atoms with Gasteiger partial charge in [0.2, 0.25) is 10.0 Å². The lowest BCUT2D eigenvalue weighted by Crippen LogP contribution is -2.55. The molecule has 1 aromatic carbocycles. The van der Waals surface area contributed by atoms with Crippen molar-refractivity contribution in [3.63, 3.8) is 0 Å². The van der Waals surface area contributed by atoms with Gasteiger partial charge in [0.15, 0.2) is 5.84 Å². The topological polar surface area (TPSA) is 145 Å². The van der Waals surface area contributed by atoms with Crippen molar-refractivity contribution >= 4 is 43.2 Å². The molecular weight excluding hydrogens is 492 g/mol. The van der Waals surface area contributed by atoms with E-state index in [0.29, 0.717) is 18.9 Å². The van der Waals surface area contributed by atoms with Crippen LogP contribution in [0, 0.1) is 11.3 Å². The van der Waals surface area contributed by atoms with Gasteiger partial charge in [-0.25, -0.2) is 8.42 Å². The maximum Gasteiger partial charge on any atom is 0.286 e. The molecule has 5 rings (SSSR count). The van der Waals surface area contributed by atoms with Crippen molar-refractivity contribution in [2.24, 2.45) is 15.7 Å². The molecule has 2 saturated carbocycles. The lowest BCUT2D eigenvalue weighted by atomic mass is 9.75. The molecule has 2 fully saturated rings. The number of nitrogens with zero attached hydrogens (tertiary/aromatic N) is 2. The van der Waals surface area contributed by atoms with Gasteiger partial charge in [-0.2, -0.15) is 8.42 Å². The minimum atomic E-state index is -4.27. The van der Waals surface area contributed by atoms with Crippen molar-refractivity contribution in [2.45, 2.75) is 62.8 Å². The number of amidine groups is 1. The number of anilines is 2. The molecule has 0 bridgehead atoms. The monoisotopic (exact) mass is 522 g/mol. The quantitative estimate of drug-likeness (QED) is 0.499. The van der Waals surface area contributed by atoms with Gasteiger partial charge in [0.25, 0.3) is 15.9 Å². The highest BCUT2D eigenvalue weighted by molar-refractivity contribution is 7.92. The molecule has 4 aliphatic rings. The molecule has 2 heterocycles. The first-order valence-electron chi connectivity index (χ1n) is 11.9. The van der Waals surface area contributed by atoms with Crippen LogP contribution in [-0.2, 0) is 24.8 Å². The van der Waals surface area contributed by atoms with Crippen LogP contribution in [0.25, 0.3) is 0 Å². The zero-order valence-electron chi connectivity index (χ0n) is 19.7. The van der Waals surface area contributed by atoms with Crippen molar-refractivity contribution < 1.29 is 26.7 Å². The first-order chi connectivity index (χ1) is 16.4. The van der Waals surface area contributed by atoms with E-state index in [-0.39, 0.29) is 39.5 Å². The van der Waals surface area contributed by atoms with Gasteiger partial charge in [0.05, 0.1) is 11.9 Å². The Kier molecular flexibility index (Phi) is 5.67. The number of hydrogen-bond acceptors (Lipinski definition) is 7. The van der Waals surface area contributed by atoms with Crippen LogP contribution in [0.5, 0.6) is 0 Å². The van der Waals surface area contributed by atoms with Gasteiger partial charge in [0, 0.05) is 23.7 Å². The van der Waals surface area contributed by atoms with E-state index in [9.17, 15) is 26.7 Å². The predicted molar refractivity (Wildman–Crippen MR) is 132 cm³/mol. The zero-order chi connectivity index (χ0) is 25.2. The van der Waals surface area contributed by atoms with Gasteiger partial charge in [-0.3, -0.25) is 9.52 Å². The van der Waals surface area contributed by atoms with E-state index in [4.69, 9.17) is 0 Å². The Hall–Kier alpha value is -2.60. The summed E-state index contributed by atoms with van der Waals surface area (Å²) in [6, 6.07) is 4.08. The Labute approximate surface area is 205 Å². The Morgan fingerprint density at radius 3 is 2.57 bits per heavy atom. The van der Waals surface area contributed by atoms with Crippen LogP contribution in [0.15, 0.2) is 38.8 Å². The summed E-state index contributed by atoms with van der Waals surface area (Å²) in [5, 5.41) is 14.3. The molecule has 35 heavy (non-hydrogen) atoms. The molecular formula is C23H30N4O6S2. The fraction of sp³-hybridized carbons (Fsp3) is 0.565. The molecule has 2 aliphatic carbocycles. The summed E-state index contributed by atoms with van der Waals surface area (Å²) in [6.07, 6.45) is 7.76. The van der Waals surface area contributed by atoms with Gasteiger partial charge in [0.1, 0.15) is 16.2 Å².